The molecule has 1 atom stereocenters. The zero-order valence-corrected chi connectivity index (χ0v) is 19.7. The van der Waals surface area contributed by atoms with E-state index in [1.165, 1.54) is 11.1 Å². The Bertz CT molecular complexity index is 1010. The van der Waals surface area contributed by atoms with Gasteiger partial charge in [-0.25, -0.2) is 0 Å². The quantitative estimate of drug-likeness (QED) is 0.574. The largest absolute Gasteiger partial charge is 0.496 e. The van der Waals surface area contributed by atoms with Crippen molar-refractivity contribution in [1.82, 2.24) is 0 Å². The van der Waals surface area contributed by atoms with Gasteiger partial charge in [-0.15, -0.1) is 0 Å². The van der Waals surface area contributed by atoms with Gasteiger partial charge in [0, 0.05) is 34.7 Å². The average Bonchev–Trinajstić information content (AvgIpc) is 2.99. The maximum atomic E-state index is 13.2. The van der Waals surface area contributed by atoms with E-state index < -0.39 is 0 Å². The molecule has 2 aromatic rings. The fraction of sp³-hybridized carbons (Fsp3) is 0.500. The zero-order chi connectivity index (χ0) is 23.4. The van der Waals surface area contributed by atoms with Crippen LogP contribution in [0.2, 0.25) is 0 Å². The van der Waals surface area contributed by atoms with Gasteiger partial charge < -0.3 is 15.2 Å². The molecule has 0 heterocycles. The third kappa shape index (κ3) is 5.30. The topological polar surface area (TPSA) is 75.6 Å². The SMILES string of the molecule is COc1cc(NC(=O)C2CCC(CC3CCCc4c(C)cccc4C3=O)CC2)ccc1CO. The third-order valence-corrected chi connectivity index (χ3v) is 7.59. The molecule has 2 N–H and O–H groups in total. The van der Waals surface area contributed by atoms with Crippen LogP contribution in [-0.4, -0.2) is 23.9 Å². The van der Waals surface area contributed by atoms with Crippen molar-refractivity contribution >= 4 is 17.4 Å². The van der Waals surface area contributed by atoms with Crippen LogP contribution in [0, 0.1) is 24.7 Å². The standard InChI is InChI=1S/C28H35NO4/c1-18-5-3-8-25-24(18)7-4-6-21(27(25)31)15-19-9-11-20(12-10-19)28(32)29-23-14-13-22(17-30)26(16-23)33-2/h3,5,8,13-14,16,19-21,30H,4,6-7,9-12,15,17H2,1-2H3,(H,29,32). The molecule has 5 heteroatoms. The first-order chi connectivity index (χ1) is 16.0. The van der Waals surface area contributed by atoms with Gasteiger partial charge in [-0.1, -0.05) is 24.3 Å². The second kappa shape index (κ2) is 10.5. The highest BCUT2D eigenvalue weighted by Crippen LogP contribution is 2.37. The normalized spacial score (nSPS) is 22.9. The summed E-state index contributed by atoms with van der Waals surface area (Å²) in [5.41, 5.74) is 4.80. The Balaban J connectivity index is 1.32. The number of aliphatic hydroxyl groups excluding tert-OH is 1. The predicted octanol–water partition coefficient (Wildman–Crippen LogP) is 5.47. The van der Waals surface area contributed by atoms with E-state index >= 15 is 0 Å². The highest BCUT2D eigenvalue weighted by Gasteiger charge is 2.32. The molecule has 5 nitrogen and oxygen atoms in total. The lowest BCUT2D eigenvalue weighted by Gasteiger charge is -2.30. The van der Waals surface area contributed by atoms with Gasteiger partial charge in [0.05, 0.1) is 13.7 Å². The Hall–Kier alpha value is -2.66. The van der Waals surface area contributed by atoms with Gasteiger partial charge in [0.15, 0.2) is 5.78 Å². The van der Waals surface area contributed by atoms with E-state index in [9.17, 15) is 14.7 Å². The summed E-state index contributed by atoms with van der Waals surface area (Å²) in [4.78, 5) is 26.1. The number of methoxy groups -OCH3 is 1. The number of amides is 1. The van der Waals surface area contributed by atoms with Crippen molar-refractivity contribution in [2.75, 3.05) is 12.4 Å². The molecule has 2 aromatic carbocycles. The van der Waals surface area contributed by atoms with Crippen molar-refractivity contribution in [3.8, 4) is 5.75 Å². The molecule has 1 fully saturated rings. The molecule has 0 saturated heterocycles. The summed E-state index contributed by atoms with van der Waals surface area (Å²) in [7, 11) is 1.56. The van der Waals surface area contributed by atoms with Crippen LogP contribution in [-0.2, 0) is 17.8 Å². The summed E-state index contributed by atoms with van der Waals surface area (Å²) in [6, 6.07) is 11.4. The highest BCUT2D eigenvalue weighted by atomic mass is 16.5. The Morgan fingerprint density at radius 2 is 1.91 bits per heavy atom. The lowest BCUT2D eigenvalue weighted by molar-refractivity contribution is -0.121. The number of ether oxygens (including phenoxy) is 1. The number of rotatable bonds is 6. The fourth-order valence-corrected chi connectivity index (χ4v) is 5.63. The lowest BCUT2D eigenvalue weighted by Crippen LogP contribution is -2.28. The van der Waals surface area contributed by atoms with Crippen LogP contribution in [0.1, 0.15) is 72.0 Å². The third-order valence-electron chi connectivity index (χ3n) is 7.59. The van der Waals surface area contributed by atoms with Gasteiger partial charge in [0.1, 0.15) is 5.75 Å². The molecule has 0 aliphatic heterocycles. The molecular formula is C28H35NO4. The molecule has 0 spiro atoms. The van der Waals surface area contributed by atoms with Gasteiger partial charge in [-0.05, 0) is 81.4 Å². The highest BCUT2D eigenvalue weighted by molar-refractivity contribution is 5.99. The number of Topliss-reactive ketones (excluding diaryl/α,β-unsaturated/α-hetero) is 1. The summed E-state index contributed by atoms with van der Waals surface area (Å²) in [6.07, 6.45) is 7.70. The molecule has 0 aromatic heterocycles. The van der Waals surface area contributed by atoms with Crippen molar-refractivity contribution < 1.29 is 19.4 Å². The Labute approximate surface area is 196 Å². The first-order valence-electron chi connectivity index (χ1n) is 12.2. The van der Waals surface area contributed by atoms with Crippen molar-refractivity contribution in [2.45, 2.75) is 64.9 Å². The molecule has 1 saturated carbocycles. The molecule has 0 radical (unpaired) electrons. The van der Waals surface area contributed by atoms with Crippen LogP contribution in [0.3, 0.4) is 0 Å². The molecule has 176 valence electrons. The summed E-state index contributed by atoms with van der Waals surface area (Å²) in [6.45, 7) is 2.01. The minimum atomic E-state index is -0.101. The Morgan fingerprint density at radius 3 is 2.64 bits per heavy atom. The Kier molecular flexibility index (Phi) is 7.49. The monoisotopic (exact) mass is 449 g/mol. The van der Waals surface area contributed by atoms with Crippen molar-refractivity contribution in [3.63, 3.8) is 0 Å². The first-order valence-corrected chi connectivity index (χ1v) is 12.2. The minimum absolute atomic E-state index is 0.00188. The smallest absolute Gasteiger partial charge is 0.227 e. The van der Waals surface area contributed by atoms with E-state index in [0.29, 0.717) is 28.7 Å². The molecule has 1 unspecified atom stereocenters. The Morgan fingerprint density at radius 1 is 1.12 bits per heavy atom. The summed E-state index contributed by atoms with van der Waals surface area (Å²) < 4.78 is 5.30. The van der Waals surface area contributed by atoms with Crippen molar-refractivity contribution in [1.29, 1.82) is 0 Å². The number of nitrogens with one attached hydrogen (secondary N) is 1. The second-order valence-corrected chi connectivity index (χ2v) is 9.68. The van der Waals surface area contributed by atoms with Gasteiger partial charge in [0.25, 0.3) is 0 Å². The van der Waals surface area contributed by atoms with Gasteiger partial charge in [-0.3, -0.25) is 9.59 Å². The van der Waals surface area contributed by atoms with Gasteiger partial charge >= 0.3 is 0 Å². The molecule has 2 aliphatic carbocycles. The molecule has 4 rings (SSSR count). The number of hydrogen-bond donors (Lipinski definition) is 2. The van der Waals surface area contributed by atoms with Crippen LogP contribution in [0.4, 0.5) is 5.69 Å². The average molecular weight is 450 g/mol. The van der Waals surface area contributed by atoms with Crippen LogP contribution in [0.5, 0.6) is 5.75 Å². The van der Waals surface area contributed by atoms with E-state index in [2.05, 4.69) is 18.3 Å². The van der Waals surface area contributed by atoms with Crippen LogP contribution in [0.15, 0.2) is 36.4 Å². The number of ketones is 1. The number of fused-ring (bicyclic) bond motifs is 1. The number of carbonyl (C=O) groups excluding carboxylic acids is 2. The van der Waals surface area contributed by atoms with Crippen LogP contribution < -0.4 is 10.1 Å². The van der Waals surface area contributed by atoms with E-state index in [4.69, 9.17) is 4.74 Å². The zero-order valence-electron chi connectivity index (χ0n) is 19.7. The van der Waals surface area contributed by atoms with Crippen molar-refractivity contribution in [3.05, 3.63) is 58.7 Å². The van der Waals surface area contributed by atoms with E-state index in [1.54, 1.807) is 25.3 Å². The predicted molar refractivity (Wildman–Crippen MR) is 130 cm³/mol. The second-order valence-electron chi connectivity index (χ2n) is 9.68. The maximum Gasteiger partial charge on any atom is 0.227 e. The number of benzene rings is 2. The molecule has 1 amide bonds. The summed E-state index contributed by atoms with van der Waals surface area (Å²) in [5, 5.41) is 12.4. The molecule has 33 heavy (non-hydrogen) atoms. The summed E-state index contributed by atoms with van der Waals surface area (Å²) >= 11 is 0. The van der Waals surface area contributed by atoms with Crippen molar-refractivity contribution in [2.24, 2.45) is 17.8 Å². The number of aryl methyl sites for hydroxylation is 1. The van der Waals surface area contributed by atoms with Gasteiger partial charge in [0.2, 0.25) is 5.91 Å². The summed E-state index contributed by atoms with van der Waals surface area (Å²) in [5.74, 6) is 1.56. The maximum absolute atomic E-state index is 13.2. The lowest BCUT2D eigenvalue weighted by atomic mass is 9.76. The fourth-order valence-electron chi connectivity index (χ4n) is 5.63. The van der Waals surface area contributed by atoms with Gasteiger partial charge in [-0.2, -0.15) is 0 Å². The molecular weight excluding hydrogens is 414 g/mol. The number of carbonyl (C=O) groups is 2. The van der Waals surface area contributed by atoms with E-state index in [-0.39, 0.29) is 24.3 Å². The number of anilines is 1. The molecule has 0 bridgehead atoms. The molecule has 2 aliphatic rings. The van der Waals surface area contributed by atoms with Crippen LogP contribution >= 0.6 is 0 Å². The number of hydrogen-bond acceptors (Lipinski definition) is 4. The van der Waals surface area contributed by atoms with E-state index in [1.807, 2.05) is 12.1 Å². The first kappa shape index (κ1) is 23.5. The number of aliphatic hydroxyl groups is 1. The minimum Gasteiger partial charge on any atom is -0.496 e. The van der Waals surface area contributed by atoms with E-state index in [0.717, 1.165) is 56.9 Å². The van der Waals surface area contributed by atoms with Crippen LogP contribution in [0.25, 0.3) is 0 Å².